The van der Waals surface area contributed by atoms with Gasteiger partial charge in [0.15, 0.2) is 0 Å². The van der Waals surface area contributed by atoms with Gasteiger partial charge in [-0.25, -0.2) is 0 Å². The van der Waals surface area contributed by atoms with E-state index in [4.69, 9.17) is 16.3 Å². The summed E-state index contributed by atoms with van der Waals surface area (Å²) in [5.74, 6) is 2.04. The molecule has 0 bridgehead atoms. The summed E-state index contributed by atoms with van der Waals surface area (Å²) in [5, 5.41) is 0.743. The maximum Gasteiger partial charge on any atom is 0.141 e. The van der Waals surface area contributed by atoms with E-state index in [9.17, 15) is 0 Å². The van der Waals surface area contributed by atoms with Gasteiger partial charge in [0.2, 0.25) is 0 Å². The van der Waals surface area contributed by atoms with Crippen LogP contribution in [-0.2, 0) is 6.54 Å². The van der Waals surface area contributed by atoms with Gasteiger partial charge in [-0.2, -0.15) is 0 Å². The molecule has 0 radical (unpaired) electrons. The molecule has 2 heterocycles. The number of fused-ring (bicyclic) bond motifs is 3. The molecule has 2 aromatic carbocycles. The van der Waals surface area contributed by atoms with Gasteiger partial charge in [0.1, 0.15) is 5.75 Å². The summed E-state index contributed by atoms with van der Waals surface area (Å²) in [5.41, 5.74) is 2.66. The number of ether oxygens (including phenoxy) is 1. The molecular weight excluding hydrogens is 282 g/mol. The molecule has 1 saturated heterocycles. The predicted octanol–water partition coefficient (Wildman–Crippen LogP) is 3.95. The topological polar surface area (TPSA) is 12.5 Å². The molecule has 21 heavy (non-hydrogen) atoms. The van der Waals surface area contributed by atoms with Gasteiger partial charge in [0, 0.05) is 37.0 Å². The van der Waals surface area contributed by atoms with E-state index in [-0.39, 0.29) is 0 Å². The van der Waals surface area contributed by atoms with Gasteiger partial charge in [-0.05, 0) is 11.6 Å². The summed E-state index contributed by atoms with van der Waals surface area (Å²) < 4.78 is 5.91. The fraction of sp³-hybridized carbons (Fsp3) is 0.333. The first kappa shape index (κ1) is 13.2. The third-order valence-corrected chi connectivity index (χ3v) is 4.90. The van der Waals surface area contributed by atoms with E-state index in [1.54, 1.807) is 0 Å². The Morgan fingerprint density at radius 3 is 2.76 bits per heavy atom. The first-order chi connectivity index (χ1) is 10.3. The molecule has 4 rings (SSSR count). The highest BCUT2D eigenvalue weighted by atomic mass is 35.5. The molecule has 2 atom stereocenters. The van der Waals surface area contributed by atoms with Crippen molar-refractivity contribution in [2.24, 2.45) is 5.92 Å². The molecule has 0 spiro atoms. The Kier molecular flexibility index (Phi) is 3.36. The number of likely N-dealkylation sites (tertiary alicyclic amines) is 1. The highest BCUT2D eigenvalue weighted by Crippen LogP contribution is 2.44. The Morgan fingerprint density at radius 2 is 1.90 bits per heavy atom. The van der Waals surface area contributed by atoms with Crippen LogP contribution in [0.4, 0.5) is 0 Å². The second kappa shape index (κ2) is 5.36. The van der Waals surface area contributed by atoms with Crippen molar-refractivity contribution >= 4 is 11.6 Å². The summed E-state index contributed by atoms with van der Waals surface area (Å²) in [6.45, 7) is 4.00. The van der Waals surface area contributed by atoms with Gasteiger partial charge >= 0.3 is 0 Å². The van der Waals surface area contributed by atoms with E-state index < -0.39 is 0 Å². The molecular formula is C18H18ClNO. The zero-order valence-corrected chi connectivity index (χ0v) is 12.6. The molecule has 3 heteroatoms. The summed E-state index contributed by atoms with van der Waals surface area (Å²) in [6, 6.07) is 16.8. The molecule has 108 valence electrons. The van der Waals surface area contributed by atoms with Crippen LogP contribution >= 0.6 is 11.6 Å². The van der Waals surface area contributed by atoms with Crippen molar-refractivity contribution in [2.45, 2.75) is 12.5 Å². The Balaban J connectivity index is 1.55. The van der Waals surface area contributed by atoms with Crippen LogP contribution in [0.15, 0.2) is 48.5 Å². The SMILES string of the molecule is Clc1cccc2c1OC[C@H]1CN(Cc3ccccc3)C[C@H]21. The smallest absolute Gasteiger partial charge is 0.141 e. The fourth-order valence-corrected chi connectivity index (χ4v) is 3.85. The minimum absolute atomic E-state index is 0.552. The molecule has 2 aromatic rings. The van der Waals surface area contributed by atoms with Gasteiger partial charge in [-0.15, -0.1) is 0 Å². The third-order valence-electron chi connectivity index (χ3n) is 4.60. The predicted molar refractivity (Wildman–Crippen MR) is 84.9 cm³/mol. The molecule has 0 N–H and O–H groups in total. The van der Waals surface area contributed by atoms with E-state index in [1.165, 1.54) is 11.1 Å². The highest BCUT2D eigenvalue weighted by Gasteiger charge is 2.39. The fourth-order valence-electron chi connectivity index (χ4n) is 3.61. The number of benzene rings is 2. The van der Waals surface area contributed by atoms with Crippen LogP contribution in [0.1, 0.15) is 17.0 Å². The molecule has 0 aliphatic carbocycles. The molecule has 1 fully saturated rings. The quantitative estimate of drug-likeness (QED) is 0.832. The zero-order chi connectivity index (χ0) is 14.2. The van der Waals surface area contributed by atoms with Crippen molar-refractivity contribution in [1.29, 1.82) is 0 Å². The van der Waals surface area contributed by atoms with E-state index in [1.807, 2.05) is 12.1 Å². The van der Waals surface area contributed by atoms with Gasteiger partial charge in [0.05, 0.1) is 11.6 Å². The Hall–Kier alpha value is -1.51. The Bertz CT molecular complexity index is 643. The lowest BCUT2D eigenvalue weighted by Gasteiger charge is -2.28. The summed E-state index contributed by atoms with van der Waals surface area (Å²) >= 11 is 6.26. The number of hydrogen-bond acceptors (Lipinski definition) is 2. The lowest BCUT2D eigenvalue weighted by Crippen LogP contribution is -2.25. The first-order valence-corrected chi connectivity index (χ1v) is 7.86. The first-order valence-electron chi connectivity index (χ1n) is 7.49. The van der Waals surface area contributed by atoms with Crippen molar-refractivity contribution in [2.75, 3.05) is 19.7 Å². The van der Waals surface area contributed by atoms with Crippen LogP contribution in [0.3, 0.4) is 0 Å². The number of nitrogens with zero attached hydrogens (tertiary/aromatic N) is 1. The number of rotatable bonds is 2. The molecule has 0 aromatic heterocycles. The van der Waals surface area contributed by atoms with Crippen LogP contribution in [0.2, 0.25) is 5.02 Å². The third kappa shape index (κ3) is 2.43. The van der Waals surface area contributed by atoms with Crippen molar-refractivity contribution in [3.8, 4) is 5.75 Å². The lowest BCUT2D eigenvalue weighted by molar-refractivity contribution is 0.212. The second-order valence-electron chi connectivity index (χ2n) is 6.02. The van der Waals surface area contributed by atoms with Gasteiger partial charge in [-0.3, -0.25) is 4.90 Å². The minimum atomic E-state index is 0.552. The average molecular weight is 300 g/mol. The van der Waals surface area contributed by atoms with Gasteiger partial charge < -0.3 is 4.74 Å². The molecule has 0 unspecified atom stereocenters. The van der Waals surface area contributed by atoms with Crippen LogP contribution in [-0.4, -0.2) is 24.6 Å². The van der Waals surface area contributed by atoms with Gasteiger partial charge in [0.25, 0.3) is 0 Å². The average Bonchev–Trinajstić information content (AvgIpc) is 2.91. The summed E-state index contributed by atoms with van der Waals surface area (Å²) in [7, 11) is 0. The normalized spacial score (nSPS) is 24.2. The largest absolute Gasteiger partial charge is 0.491 e. The molecule has 2 aliphatic heterocycles. The van der Waals surface area contributed by atoms with E-state index in [0.717, 1.165) is 37.0 Å². The van der Waals surface area contributed by atoms with E-state index in [2.05, 4.69) is 41.3 Å². The Morgan fingerprint density at radius 1 is 1.05 bits per heavy atom. The monoisotopic (exact) mass is 299 g/mol. The highest BCUT2D eigenvalue weighted by molar-refractivity contribution is 6.32. The maximum absolute atomic E-state index is 6.26. The van der Waals surface area contributed by atoms with Crippen molar-refractivity contribution in [1.82, 2.24) is 4.90 Å². The zero-order valence-electron chi connectivity index (χ0n) is 11.8. The second-order valence-corrected chi connectivity index (χ2v) is 6.42. The summed E-state index contributed by atoms with van der Waals surface area (Å²) in [4.78, 5) is 2.53. The molecule has 2 nitrogen and oxygen atoms in total. The number of para-hydroxylation sites is 1. The number of hydrogen-bond donors (Lipinski definition) is 0. The van der Waals surface area contributed by atoms with Crippen LogP contribution in [0.5, 0.6) is 5.75 Å². The summed E-state index contributed by atoms with van der Waals surface area (Å²) in [6.07, 6.45) is 0. The van der Waals surface area contributed by atoms with Crippen LogP contribution < -0.4 is 4.74 Å². The standard InChI is InChI=1S/C18H18ClNO/c19-17-8-4-7-15-16-11-20(9-13-5-2-1-3-6-13)10-14(16)12-21-18(15)17/h1-8,14,16H,9-12H2/t14-,16+/m1/s1. The molecule has 0 saturated carbocycles. The number of halogens is 1. The van der Waals surface area contributed by atoms with Crippen LogP contribution in [0, 0.1) is 5.92 Å². The van der Waals surface area contributed by atoms with E-state index >= 15 is 0 Å². The lowest BCUT2D eigenvalue weighted by atomic mass is 9.87. The van der Waals surface area contributed by atoms with Crippen molar-refractivity contribution in [3.05, 3.63) is 64.7 Å². The minimum Gasteiger partial charge on any atom is -0.491 e. The van der Waals surface area contributed by atoms with Crippen molar-refractivity contribution < 1.29 is 4.74 Å². The maximum atomic E-state index is 6.26. The van der Waals surface area contributed by atoms with Crippen LogP contribution in [0.25, 0.3) is 0 Å². The van der Waals surface area contributed by atoms with Crippen molar-refractivity contribution in [3.63, 3.8) is 0 Å². The van der Waals surface area contributed by atoms with E-state index in [0.29, 0.717) is 11.8 Å². The van der Waals surface area contributed by atoms with Gasteiger partial charge in [-0.1, -0.05) is 54.1 Å². The molecule has 2 aliphatic rings. The molecule has 0 amide bonds. The Labute approximate surface area is 130 Å².